The maximum atomic E-state index is 12.7. The lowest BCUT2D eigenvalue weighted by molar-refractivity contribution is 0.174. The number of urea groups is 1. The largest absolute Gasteiger partial charge is 0.497 e. The predicted octanol–water partition coefficient (Wildman–Crippen LogP) is 3.24. The van der Waals surface area contributed by atoms with Gasteiger partial charge >= 0.3 is 6.03 Å². The summed E-state index contributed by atoms with van der Waals surface area (Å²) in [6.45, 7) is 2.76. The first-order valence-electron chi connectivity index (χ1n) is 10.4. The van der Waals surface area contributed by atoms with Crippen molar-refractivity contribution in [3.63, 3.8) is 0 Å². The van der Waals surface area contributed by atoms with E-state index < -0.39 is 0 Å². The van der Waals surface area contributed by atoms with Crippen molar-refractivity contribution in [3.05, 3.63) is 54.6 Å². The summed E-state index contributed by atoms with van der Waals surface area (Å²) in [5.41, 5.74) is 2.42. The summed E-state index contributed by atoms with van der Waals surface area (Å²) >= 11 is 0. The number of hydrogen-bond acceptors (Lipinski definition) is 7. The van der Waals surface area contributed by atoms with Crippen LogP contribution in [0.2, 0.25) is 0 Å². The molecule has 0 unspecified atom stereocenters. The summed E-state index contributed by atoms with van der Waals surface area (Å²) in [5.74, 6) is 2.91. The summed E-state index contributed by atoms with van der Waals surface area (Å²) in [5, 5.41) is 11.7. The smallest absolute Gasteiger partial charge is 0.321 e. The highest BCUT2D eigenvalue weighted by Gasteiger charge is 2.23. The van der Waals surface area contributed by atoms with Crippen molar-refractivity contribution >= 4 is 17.5 Å². The molecule has 2 aromatic carbocycles. The van der Waals surface area contributed by atoms with Gasteiger partial charge in [-0.3, -0.25) is 0 Å². The van der Waals surface area contributed by atoms with E-state index in [0.717, 1.165) is 22.8 Å². The molecule has 32 heavy (non-hydrogen) atoms. The summed E-state index contributed by atoms with van der Waals surface area (Å²) in [7, 11) is 1.64. The van der Waals surface area contributed by atoms with Crippen molar-refractivity contribution in [2.45, 2.75) is 0 Å². The van der Waals surface area contributed by atoms with E-state index in [1.807, 2.05) is 36.4 Å². The zero-order valence-electron chi connectivity index (χ0n) is 17.7. The molecule has 9 heteroatoms. The molecule has 3 aromatic rings. The summed E-state index contributed by atoms with van der Waals surface area (Å²) in [4.78, 5) is 16.6. The molecule has 2 aliphatic rings. The second kappa shape index (κ2) is 8.62. The molecule has 1 aromatic heterocycles. The number of aromatic nitrogens is 2. The topological polar surface area (TPSA) is 89.1 Å². The fraction of sp³-hybridized carbons (Fsp3) is 0.261. The molecule has 0 aliphatic carbocycles. The summed E-state index contributed by atoms with van der Waals surface area (Å²) in [6, 6.07) is 16.9. The van der Waals surface area contributed by atoms with Crippen LogP contribution in [0.1, 0.15) is 0 Å². The van der Waals surface area contributed by atoms with Gasteiger partial charge in [0, 0.05) is 43.5 Å². The van der Waals surface area contributed by atoms with Crippen LogP contribution in [0.5, 0.6) is 17.2 Å². The van der Waals surface area contributed by atoms with Gasteiger partial charge in [-0.15, -0.1) is 10.2 Å². The Morgan fingerprint density at radius 3 is 2.59 bits per heavy atom. The Kier molecular flexibility index (Phi) is 5.37. The number of rotatable bonds is 4. The average Bonchev–Trinajstić information content (AvgIpc) is 3.32. The van der Waals surface area contributed by atoms with Gasteiger partial charge in [0.15, 0.2) is 17.3 Å². The first-order valence-corrected chi connectivity index (χ1v) is 10.4. The number of benzene rings is 2. The highest BCUT2D eigenvalue weighted by Crippen LogP contribution is 2.34. The van der Waals surface area contributed by atoms with Gasteiger partial charge < -0.3 is 29.3 Å². The Bertz CT molecular complexity index is 1110. The van der Waals surface area contributed by atoms with Crippen molar-refractivity contribution < 1.29 is 19.0 Å². The fourth-order valence-corrected chi connectivity index (χ4v) is 3.75. The van der Waals surface area contributed by atoms with Crippen molar-refractivity contribution in [2.75, 3.05) is 50.3 Å². The van der Waals surface area contributed by atoms with E-state index in [2.05, 4.69) is 20.4 Å². The van der Waals surface area contributed by atoms with E-state index in [0.29, 0.717) is 43.4 Å². The monoisotopic (exact) mass is 433 g/mol. The molecule has 2 aliphatic heterocycles. The van der Waals surface area contributed by atoms with Gasteiger partial charge in [0.1, 0.15) is 5.75 Å². The lowest BCUT2D eigenvalue weighted by Crippen LogP contribution is -2.50. The van der Waals surface area contributed by atoms with Crippen LogP contribution in [0.4, 0.5) is 16.3 Å². The minimum Gasteiger partial charge on any atom is -0.497 e. The molecule has 1 fully saturated rings. The van der Waals surface area contributed by atoms with E-state index in [1.54, 1.807) is 30.2 Å². The highest BCUT2D eigenvalue weighted by atomic mass is 16.7. The van der Waals surface area contributed by atoms with Gasteiger partial charge in [-0.1, -0.05) is 12.1 Å². The molecule has 0 radical (unpaired) electrons. The Morgan fingerprint density at radius 1 is 0.969 bits per heavy atom. The van der Waals surface area contributed by atoms with Crippen molar-refractivity contribution in [3.8, 4) is 28.5 Å². The Labute approximate surface area is 185 Å². The number of methoxy groups -OCH3 is 1. The number of hydrogen-bond donors (Lipinski definition) is 1. The molecule has 0 saturated carbocycles. The second-order valence-electron chi connectivity index (χ2n) is 7.48. The van der Waals surface area contributed by atoms with E-state index in [4.69, 9.17) is 14.2 Å². The molecule has 1 N–H and O–H groups in total. The third kappa shape index (κ3) is 4.09. The van der Waals surface area contributed by atoms with E-state index in [-0.39, 0.29) is 12.8 Å². The van der Waals surface area contributed by atoms with Crippen LogP contribution < -0.4 is 24.4 Å². The van der Waals surface area contributed by atoms with Crippen LogP contribution in [-0.4, -0.2) is 61.2 Å². The SMILES string of the molecule is COc1cccc(-c2ccc(N3CCN(C(=O)Nc4ccc5c(c4)OCO5)CC3)nn2)c1. The molecule has 5 rings (SSSR count). The molecule has 3 heterocycles. The van der Waals surface area contributed by atoms with Gasteiger partial charge in [-0.05, 0) is 36.4 Å². The number of nitrogens with one attached hydrogen (secondary N) is 1. The molecule has 164 valence electrons. The van der Waals surface area contributed by atoms with Crippen LogP contribution in [0.3, 0.4) is 0 Å². The maximum Gasteiger partial charge on any atom is 0.321 e. The van der Waals surface area contributed by atoms with Gasteiger partial charge in [-0.2, -0.15) is 0 Å². The standard InChI is InChI=1S/C23H23N5O4/c1-30-18-4-2-3-16(13-18)19-6-8-22(26-25-19)27-9-11-28(12-10-27)23(29)24-17-5-7-20-21(14-17)32-15-31-20/h2-8,13-14H,9-12,15H2,1H3,(H,24,29). The average molecular weight is 433 g/mol. The Balaban J connectivity index is 1.17. The zero-order chi connectivity index (χ0) is 21.9. The first-order chi connectivity index (χ1) is 15.7. The molecule has 1 saturated heterocycles. The van der Waals surface area contributed by atoms with Crippen LogP contribution in [0.15, 0.2) is 54.6 Å². The number of fused-ring (bicyclic) bond motifs is 1. The molecule has 0 atom stereocenters. The van der Waals surface area contributed by atoms with Gasteiger partial charge in [0.25, 0.3) is 0 Å². The maximum absolute atomic E-state index is 12.7. The highest BCUT2D eigenvalue weighted by molar-refractivity contribution is 5.90. The Hall–Kier alpha value is -4.01. The molecule has 0 bridgehead atoms. The van der Waals surface area contributed by atoms with E-state index in [9.17, 15) is 4.79 Å². The van der Waals surface area contributed by atoms with Crippen LogP contribution in [-0.2, 0) is 0 Å². The van der Waals surface area contributed by atoms with E-state index in [1.165, 1.54) is 0 Å². The fourth-order valence-electron chi connectivity index (χ4n) is 3.75. The molecule has 2 amide bonds. The molecular formula is C23H23N5O4. The lowest BCUT2D eigenvalue weighted by Gasteiger charge is -2.35. The lowest BCUT2D eigenvalue weighted by atomic mass is 10.1. The number of nitrogens with zero attached hydrogens (tertiary/aromatic N) is 4. The summed E-state index contributed by atoms with van der Waals surface area (Å²) < 4.78 is 15.9. The van der Waals surface area contributed by atoms with Gasteiger partial charge in [0.2, 0.25) is 6.79 Å². The number of ether oxygens (including phenoxy) is 3. The third-order valence-electron chi connectivity index (χ3n) is 5.53. The molecule has 0 spiro atoms. The second-order valence-corrected chi connectivity index (χ2v) is 7.48. The first kappa shape index (κ1) is 19.9. The molecule has 9 nitrogen and oxygen atoms in total. The number of carbonyl (C=O) groups is 1. The number of piperazine rings is 1. The number of amides is 2. The van der Waals surface area contributed by atoms with Gasteiger partial charge in [-0.25, -0.2) is 4.79 Å². The van der Waals surface area contributed by atoms with Gasteiger partial charge in [0.05, 0.1) is 12.8 Å². The normalized spacial score (nSPS) is 14.9. The minimum absolute atomic E-state index is 0.136. The van der Waals surface area contributed by atoms with Crippen LogP contribution in [0.25, 0.3) is 11.3 Å². The zero-order valence-corrected chi connectivity index (χ0v) is 17.7. The van der Waals surface area contributed by atoms with Crippen molar-refractivity contribution in [1.29, 1.82) is 0 Å². The predicted molar refractivity (Wildman–Crippen MR) is 119 cm³/mol. The van der Waals surface area contributed by atoms with Crippen LogP contribution in [0, 0.1) is 0 Å². The van der Waals surface area contributed by atoms with E-state index >= 15 is 0 Å². The van der Waals surface area contributed by atoms with Crippen LogP contribution >= 0.6 is 0 Å². The summed E-state index contributed by atoms with van der Waals surface area (Å²) in [6.07, 6.45) is 0. The Morgan fingerprint density at radius 2 is 1.81 bits per heavy atom. The number of carbonyl (C=O) groups excluding carboxylic acids is 1. The van der Waals surface area contributed by atoms with Crippen molar-refractivity contribution in [1.82, 2.24) is 15.1 Å². The molecular weight excluding hydrogens is 410 g/mol. The third-order valence-corrected chi connectivity index (χ3v) is 5.53. The van der Waals surface area contributed by atoms with Crippen molar-refractivity contribution in [2.24, 2.45) is 0 Å². The quantitative estimate of drug-likeness (QED) is 0.676. The number of anilines is 2. The minimum atomic E-state index is -0.136.